The van der Waals surface area contributed by atoms with Gasteiger partial charge in [-0.15, -0.1) is 0 Å². The van der Waals surface area contributed by atoms with Crippen LogP contribution in [0.15, 0.2) is 0 Å². The second kappa shape index (κ2) is 21.3. The van der Waals surface area contributed by atoms with E-state index in [1.165, 1.54) is 90.6 Å². The number of ether oxygens (including phenoxy) is 2. The molecule has 1 unspecified atom stereocenters. The van der Waals surface area contributed by atoms with Crippen LogP contribution >= 0.6 is 7.82 Å². The predicted molar refractivity (Wildman–Crippen MR) is 134 cm³/mol. The number of phosphoric ester groups is 1. The first-order valence-corrected chi connectivity index (χ1v) is 14.7. The first-order chi connectivity index (χ1) is 15.7. The minimum absolute atomic E-state index is 0.0948. The summed E-state index contributed by atoms with van der Waals surface area (Å²) in [5.74, 6) is 0. The van der Waals surface area contributed by atoms with E-state index in [0.717, 1.165) is 6.42 Å². The predicted octanol–water partition coefficient (Wildman–Crippen LogP) is 5.71. The van der Waals surface area contributed by atoms with Crippen LogP contribution in [0.3, 0.4) is 0 Å². The zero-order valence-corrected chi connectivity index (χ0v) is 23.3. The van der Waals surface area contributed by atoms with Crippen LogP contribution in [0, 0.1) is 0 Å². The third-order valence-corrected chi connectivity index (χ3v) is 6.67. The SMILES string of the molecule is CCCCCCCCCCCCCCCCOC[C@@H](COP(=O)([O-])OCC[N+](C)(C)C)OC. The molecule has 0 N–H and O–H groups in total. The molecule has 0 spiro atoms. The molecule has 0 aromatic rings. The van der Waals surface area contributed by atoms with Crippen molar-refractivity contribution in [3.63, 3.8) is 0 Å². The molecule has 7 nitrogen and oxygen atoms in total. The van der Waals surface area contributed by atoms with Crippen molar-refractivity contribution in [2.24, 2.45) is 0 Å². The molecule has 0 aromatic heterocycles. The number of hydrogen-bond acceptors (Lipinski definition) is 6. The summed E-state index contributed by atoms with van der Waals surface area (Å²) in [7, 11) is 3.11. The highest BCUT2D eigenvalue weighted by Gasteiger charge is 2.16. The first-order valence-electron chi connectivity index (χ1n) is 13.2. The first kappa shape index (κ1) is 33.0. The molecule has 0 aliphatic rings. The van der Waals surface area contributed by atoms with E-state index in [4.69, 9.17) is 18.5 Å². The number of likely N-dealkylation sites (N-methyl/N-ethyl adjacent to an activating group) is 1. The van der Waals surface area contributed by atoms with Gasteiger partial charge < -0.3 is 27.9 Å². The van der Waals surface area contributed by atoms with Gasteiger partial charge in [-0.2, -0.15) is 0 Å². The molecule has 0 fully saturated rings. The standard InChI is InChI=1S/C25H54NO6P/c1-6-7-8-9-10-11-12-13-14-15-16-17-18-19-21-30-23-25(29-5)24-32-33(27,28)31-22-20-26(2,3)4/h25H,6-24H2,1-5H3/t25-/m0/s1. The highest BCUT2D eigenvalue weighted by atomic mass is 31.2. The molecule has 0 aliphatic heterocycles. The van der Waals surface area contributed by atoms with Gasteiger partial charge in [-0.25, -0.2) is 0 Å². The summed E-state index contributed by atoms with van der Waals surface area (Å²) in [4.78, 5) is 11.8. The Hall–Kier alpha value is -0.0100. The fraction of sp³-hybridized carbons (Fsp3) is 1.00. The summed E-state index contributed by atoms with van der Waals surface area (Å²) in [6.07, 6.45) is 18.2. The second-order valence-electron chi connectivity index (χ2n) is 10.1. The third-order valence-electron chi connectivity index (χ3n) is 5.71. The molecule has 33 heavy (non-hydrogen) atoms. The van der Waals surface area contributed by atoms with E-state index < -0.39 is 13.9 Å². The maximum Gasteiger partial charge on any atom is 0.268 e. The number of hydrogen-bond donors (Lipinski definition) is 0. The van der Waals surface area contributed by atoms with Gasteiger partial charge >= 0.3 is 0 Å². The lowest BCUT2D eigenvalue weighted by atomic mass is 10.0. The van der Waals surface area contributed by atoms with Crippen molar-refractivity contribution in [1.29, 1.82) is 0 Å². The molecule has 0 saturated carbocycles. The van der Waals surface area contributed by atoms with Crippen molar-refractivity contribution in [2.75, 3.05) is 61.2 Å². The van der Waals surface area contributed by atoms with E-state index in [9.17, 15) is 9.46 Å². The van der Waals surface area contributed by atoms with E-state index in [-0.39, 0.29) is 13.2 Å². The van der Waals surface area contributed by atoms with Crippen LogP contribution < -0.4 is 4.89 Å². The fourth-order valence-electron chi connectivity index (χ4n) is 3.44. The Kier molecular flexibility index (Phi) is 21.3. The van der Waals surface area contributed by atoms with Crippen LogP contribution in [-0.4, -0.2) is 71.8 Å². The normalized spacial score (nSPS) is 15.0. The molecule has 0 amide bonds. The molecule has 0 radical (unpaired) electrons. The molecule has 8 heteroatoms. The van der Waals surface area contributed by atoms with Crippen LogP contribution in [0.2, 0.25) is 0 Å². The average molecular weight is 496 g/mol. The van der Waals surface area contributed by atoms with E-state index in [1.807, 2.05) is 21.1 Å². The van der Waals surface area contributed by atoms with E-state index in [2.05, 4.69) is 6.92 Å². The zero-order valence-electron chi connectivity index (χ0n) is 22.4. The van der Waals surface area contributed by atoms with Crippen molar-refractivity contribution in [2.45, 2.75) is 103 Å². The van der Waals surface area contributed by atoms with Gasteiger partial charge in [-0.1, -0.05) is 90.4 Å². The lowest BCUT2D eigenvalue weighted by Crippen LogP contribution is -2.37. The van der Waals surface area contributed by atoms with Gasteiger partial charge in [-0.05, 0) is 6.42 Å². The van der Waals surface area contributed by atoms with E-state index >= 15 is 0 Å². The molecule has 0 aromatic carbocycles. The van der Waals surface area contributed by atoms with Gasteiger partial charge in [0.1, 0.15) is 19.3 Å². The molecular formula is C25H54NO6P. The maximum absolute atomic E-state index is 11.8. The summed E-state index contributed by atoms with van der Waals surface area (Å²) in [6, 6.07) is 0. The summed E-state index contributed by atoms with van der Waals surface area (Å²) in [5, 5.41) is 0. The van der Waals surface area contributed by atoms with Gasteiger partial charge in [0.15, 0.2) is 0 Å². The topological polar surface area (TPSA) is 77.1 Å². The van der Waals surface area contributed by atoms with Crippen molar-refractivity contribution in [3.8, 4) is 0 Å². The minimum atomic E-state index is -4.32. The lowest BCUT2D eigenvalue weighted by molar-refractivity contribution is -0.870. The van der Waals surface area contributed by atoms with Gasteiger partial charge in [0, 0.05) is 13.7 Å². The summed E-state index contributed by atoms with van der Waals surface area (Å²) in [6.45, 7) is 3.81. The number of rotatable bonds is 25. The third kappa shape index (κ3) is 24.9. The Morgan fingerprint density at radius 3 is 1.67 bits per heavy atom. The van der Waals surface area contributed by atoms with Crippen LogP contribution in [-0.2, 0) is 23.1 Å². The summed E-state index contributed by atoms with van der Waals surface area (Å²) in [5.41, 5.74) is 0. The van der Waals surface area contributed by atoms with E-state index in [1.54, 1.807) is 0 Å². The zero-order chi connectivity index (χ0) is 24.8. The number of phosphoric acid groups is 1. The summed E-state index contributed by atoms with van der Waals surface area (Å²) < 4.78 is 33.2. The van der Waals surface area contributed by atoms with Gasteiger partial charge in [0.2, 0.25) is 0 Å². The Balaban J connectivity index is 3.53. The average Bonchev–Trinajstić information content (AvgIpc) is 2.74. The Labute approximate surface area is 204 Å². The summed E-state index contributed by atoms with van der Waals surface area (Å²) >= 11 is 0. The Bertz CT molecular complexity index is 472. The molecular weight excluding hydrogens is 441 g/mol. The fourth-order valence-corrected chi connectivity index (χ4v) is 4.16. The Morgan fingerprint density at radius 1 is 0.727 bits per heavy atom. The van der Waals surface area contributed by atoms with Crippen molar-refractivity contribution >= 4 is 7.82 Å². The number of quaternary nitrogens is 1. The molecule has 2 atom stereocenters. The van der Waals surface area contributed by atoms with Crippen LogP contribution in [0.4, 0.5) is 0 Å². The van der Waals surface area contributed by atoms with Crippen molar-refractivity contribution in [3.05, 3.63) is 0 Å². The highest BCUT2D eigenvalue weighted by Crippen LogP contribution is 2.38. The van der Waals surface area contributed by atoms with Gasteiger partial charge in [-0.3, -0.25) is 4.57 Å². The highest BCUT2D eigenvalue weighted by molar-refractivity contribution is 7.45. The largest absolute Gasteiger partial charge is 0.756 e. The molecule has 0 bridgehead atoms. The molecule has 0 aliphatic carbocycles. The number of methoxy groups -OCH3 is 1. The smallest absolute Gasteiger partial charge is 0.268 e. The van der Waals surface area contributed by atoms with Crippen LogP contribution in [0.1, 0.15) is 96.8 Å². The van der Waals surface area contributed by atoms with Gasteiger partial charge in [0.25, 0.3) is 7.82 Å². The molecule has 0 rings (SSSR count). The molecule has 0 heterocycles. The number of nitrogens with zero attached hydrogens (tertiary/aromatic N) is 1. The molecule has 0 saturated heterocycles. The minimum Gasteiger partial charge on any atom is -0.756 e. The lowest BCUT2D eigenvalue weighted by Gasteiger charge is -2.28. The van der Waals surface area contributed by atoms with Crippen molar-refractivity contribution < 1.29 is 32.5 Å². The maximum atomic E-state index is 11.8. The van der Waals surface area contributed by atoms with E-state index in [0.29, 0.717) is 24.2 Å². The van der Waals surface area contributed by atoms with Crippen molar-refractivity contribution in [1.82, 2.24) is 0 Å². The second-order valence-corrected chi connectivity index (χ2v) is 11.5. The Morgan fingerprint density at radius 2 is 1.21 bits per heavy atom. The van der Waals surface area contributed by atoms with Gasteiger partial charge in [0.05, 0.1) is 34.4 Å². The molecule has 200 valence electrons. The van der Waals surface area contributed by atoms with Crippen LogP contribution in [0.5, 0.6) is 0 Å². The number of unbranched alkanes of at least 4 members (excludes halogenated alkanes) is 13. The monoisotopic (exact) mass is 495 g/mol. The van der Waals surface area contributed by atoms with Crippen LogP contribution in [0.25, 0.3) is 0 Å². The quantitative estimate of drug-likeness (QED) is 0.0918.